The molecule has 4 heteroatoms. The fourth-order valence-corrected chi connectivity index (χ4v) is 1.90. The quantitative estimate of drug-likeness (QED) is 0.708. The summed E-state index contributed by atoms with van der Waals surface area (Å²) in [4.78, 5) is 2.32. The molecule has 0 aliphatic carbocycles. The number of methoxy groups -OCH3 is 1. The molecule has 2 rings (SSSR count). The Balaban J connectivity index is 2.16. The van der Waals surface area contributed by atoms with Crippen molar-refractivity contribution >= 4 is 0 Å². The van der Waals surface area contributed by atoms with Gasteiger partial charge in [0.2, 0.25) is 5.88 Å². The molecule has 0 spiro atoms. The van der Waals surface area contributed by atoms with Gasteiger partial charge in [-0.25, -0.2) is 0 Å². The molecule has 2 heterocycles. The number of aromatic nitrogens is 2. The third-order valence-corrected chi connectivity index (χ3v) is 2.73. The van der Waals surface area contributed by atoms with Gasteiger partial charge in [-0.15, -0.1) is 5.10 Å². The van der Waals surface area contributed by atoms with E-state index >= 15 is 0 Å². The van der Waals surface area contributed by atoms with Gasteiger partial charge < -0.3 is 4.74 Å². The molecule has 1 unspecified atom stereocenters. The van der Waals surface area contributed by atoms with Crippen molar-refractivity contribution in [1.29, 1.82) is 0 Å². The van der Waals surface area contributed by atoms with Crippen molar-refractivity contribution in [2.24, 2.45) is 0 Å². The molecule has 1 saturated heterocycles. The monoisotopic (exact) mass is 193 g/mol. The first kappa shape index (κ1) is 9.40. The Bertz CT molecular complexity index is 299. The Labute approximate surface area is 83.9 Å². The molecule has 0 radical (unpaired) electrons. The molecule has 1 aliphatic rings. The first-order chi connectivity index (χ1) is 6.81. The molecule has 1 aromatic heterocycles. The first-order valence-corrected chi connectivity index (χ1v) is 4.89. The summed E-state index contributed by atoms with van der Waals surface area (Å²) in [6, 6.07) is 4.31. The summed E-state index contributed by atoms with van der Waals surface area (Å²) in [7, 11) is 3.73. The van der Waals surface area contributed by atoms with Crippen molar-refractivity contribution in [1.82, 2.24) is 15.1 Å². The summed E-state index contributed by atoms with van der Waals surface area (Å²) in [6.45, 7) is 1.15. The zero-order valence-electron chi connectivity index (χ0n) is 8.60. The normalized spacial score (nSPS) is 22.6. The molecule has 0 N–H and O–H groups in total. The Kier molecular flexibility index (Phi) is 2.63. The number of ether oxygens (including phenoxy) is 1. The van der Waals surface area contributed by atoms with E-state index in [9.17, 15) is 0 Å². The van der Waals surface area contributed by atoms with Crippen LogP contribution in [0.1, 0.15) is 24.6 Å². The van der Waals surface area contributed by atoms with Gasteiger partial charge in [0.25, 0.3) is 0 Å². The number of rotatable bonds is 2. The Hall–Kier alpha value is -1.16. The molecule has 76 valence electrons. The van der Waals surface area contributed by atoms with Gasteiger partial charge in [-0.2, -0.15) is 5.10 Å². The van der Waals surface area contributed by atoms with Crippen LogP contribution in [0.5, 0.6) is 5.88 Å². The van der Waals surface area contributed by atoms with E-state index < -0.39 is 0 Å². The van der Waals surface area contributed by atoms with Crippen molar-refractivity contribution in [3.8, 4) is 5.88 Å². The van der Waals surface area contributed by atoms with Gasteiger partial charge >= 0.3 is 0 Å². The molecule has 14 heavy (non-hydrogen) atoms. The Morgan fingerprint density at radius 1 is 1.43 bits per heavy atom. The van der Waals surface area contributed by atoms with Gasteiger partial charge in [-0.3, -0.25) is 4.90 Å². The smallest absolute Gasteiger partial charge is 0.233 e. The van der Waals surface area contributed by atoms with E-state index in [1.54, 1.807) is 7.11 Å². The lowest BCUT2D eigenvalue weighted by Crippen LogP contribution is -2.18. The van der Waals surface area contributed by atoms with Gasteiger partial charge in [0.05, 0.1) is 18.8 Å². The minimum absolute atomic E-state index is 0.438. The Morgan fingerprint density at radius 2 is 2.29 bits per heavy atom. The van der Waals surface area contributed by atoms with Crippen molar-refractivity contribution in [3.05, 3.63) is 17.8 Å². The van der Waals surface area contributed by atoms with Crippen LogP contribution in [0.15, 0.2) is 12.1 Å². The minimum Gasteiger partial charge on any atom is -0.480 e. The van der Waals surface area contributed by atoms with Crippen molar-refractivity contribution in [2.45, 2.75) is 18.9 Å². The molecule has 1 atom stereocenters. The van der Waals surface area contributed by atoms with E-state index in [0.717, 1.165) is 12.2 Å². The van der Waals surface area contributed by atoms with Crippen LogP contribution >= 0.6 is 0 Å². The van der Waals surface area contributed by atoms with Crippen LogP contribution in [0.2, 0.25) is 0 Å². The summed E-state index contributed by atoms with van der Waals surface area (Å²) < 4.78 is 4.97. The second kappa shape index (κ2) is 3.92. The lowest BCUT2D eigenvalue weighted by molar-refractivity contribution is 0.308. The molecule has 4 nitrogen and oxygen atoms in total. The van der Waals surface area contributed by atoms with E-state index in [0.29, 0.717) is 11.9 Å². The molecule has 1 aliphatic heterocycles. The van der Waals surface area contributed by atoms with Crippen molar-refractivity contribution in [2.75, 3.05) is 20.7 Å². The topological polar surface area (TPSA) is 38.2 Å². The SMILES string of the molecule is COc1ccc(C2CCCN2C)nn1. The third-order valence-electron chi connectivity index (χ3n) is 2.73. The maximum atomic E-state index is 4.97. The Morgan fingerprint density at radius 3 is 2.79 bits per heavy atom. The molecule has 0 amide bonds. The van der Waals surface area contributed by atoms with Crippen LogP contribution in [0.25, 0.3) is 0 Å². The number of hydrogen-bond acceptors (Lipinski definition) is 4. The second-order valence-electron chi connectivity index (χ2n) is 3.64. The summed E-state index contributed by atoms with van der Waals surface area (Å²) in [5, 5.41) is 8.14. The molecule has 0 bridgehead atoms. The highest BCUT2D eigenvalue weighted by Gasteiger charge is 2.23. The third kappa shape index (κ3) is 1.70. The van der Waals surface area contributed by atoms with E-state index in [4.69, 9.17) is 4.74 Å². The predicted molar refractivity (Wildman–Crippen MR) is 53.2 cm³/mol. The summed E-state index contributed by atoms with van der Waals surface area (Å²) in [6.07, 6.45) is 2.42. The number of nitrogens with zero attached hydrogens (tertiary/aromatic N) is 3. The minimum atomic E-state index is 0.438. The van der Waals surface area contributed by atoms with Gasteiger partial charge in [-0.05, 0) is 32.5 Å². The number of hydrogen-bond donors (Lipinski definition) is 0. The molecule has 0 aromatic carbocycles. The molecule has 1 aromatic rings. The largest absolute Gasteiger partial charge is 0.480 e. The predicted octanol–water partition coefficient (Wildman–Crippen LogP) is 1.25. The maximum absolute atomic E-state index is 4.97. The zero-order chi connectivity index (χ0) is 9.97. The fraction of sp³-hybridized carbons (Fsp3) is 0.600. The summed E-state index contributed by atoms with van der Waals surface area (Å²) in [5.41, 5.74) is 1.05. The first-order valence-electron chi connectivity index (χ1n) is 4.89. The van der Waals surface area contributed by atoms with E-state index in [-0.39, 0.29) is 0 Å². The van der Waals surface area contributed by atoms with E-state index in [2.05, 4.69) is 22.1 Å². The standard InChI is InChI=1S/C10H15N3O/c1-13-7-3-4-9(13)8-5-6-10(14-2)12-11-8/h5-6,9H,3-4,7H2,1-2H3. The average molecular weight is 193 g/mol. The van der Waals surface area contributed by atoms with Crippen LogP contribution in [0.3, 0.4) is 0 Å². The van der Waals surface area contributed by atoms with Crippen LogP contribution in [-0.2, 0) is 0 Å². The summed E-state index contributed by atoms with van der Waals surface area (Å²) >= 11 is 0. The lowest BCUT2D eigenvalue weighted by Gasteiger charge is -2.17. The van der Waals surface area contributed by atoms with Crippen molar-refractivity contribution < 1.29 is 4.74 Å². The van der Waals surface area contributed by atoms with Crippen LogP contribution in [0.4, 0.5) is 0 Å². The average Bonchev–Trinajstić information content (AvgIpc) is 2.65. The number of likely N-dealkylation sites (tertiary alicyclic amines) is 1. The van der Waals surface area contributed by atoms with Crippen LogP contribution < -0.4 is 4.74 Å². The highest BCUT2D eigenvalue weighted by atomic mass is 16.5. The lowest BCUT2D eigenvalue weighted by atomic mass is 10.1. The highest BCUT2D eigenvalue weighted by Crippen LogP contribution is 2.28. The van der Waals surface area contributed by atoms with Gasteiger partial charge in [0.15, 0.2) is 0 Å². The zero-order valence-corrected chi connectivity index (χ0v) is 8.60. The highest BCUT2D eigenvalue weighted by molar-refractivity contribution is 5.14. The fourth-order valence-electron chi connectivity index (χ4n) is 1.90. The van der Waals surface area contributed by atoms with Crippen LogP contribution in [0, 0.1) is 0 Å². The second-order valence-corrected chi connectivity index (χ2v) is 3.64. The molecular weight excluding hydrogens is 178 g/mol. The maximum Gasteiger partial charge on any atom is 0.233 e. The van der Waals surface area contributed by atoms with Gasteiger partial charge in [-0.1, -0.05) is 0 Å². The molecule has 0 saturated carbocycles. The van der Waals surface area contributed by atoms with Crippen molar-refractivity contribution in [3.63, 3.8) is 0 Å². The molecular formula is C10H15N3O. The van der Waals surface area contributed by atoms with Gasteiger partial charge in [0.1, 0.15) is 0 Å². The molecule has 1 fully saturated rings. The van der Waals surface area contributed by atoms with E-state index in [1.807, 2.05) is 12.1 Å². The van der Waals surface area contributed by atoms with Gasteiger partial charge in [0, 0.05) is 6.07 Å². The summed E-state index contributed by atoms with van der Waals surface area (Å²) in [5.74, 6) is 0.578. The van der Waals surface area contributed by atoms with Crippen LogP contribution in [-0.4, -0.2) is 35.8 Å². The van der Waals surface area contributed by atoms with E-state index in [1.165, 1.54) is 12.8 Å².